The maximum absolute atomic E-state index is 13.1. The molecule has 1 aromatic rings. The lowest BCUT2D eigenvalue weighted by molar-refractivity contribution is 0.0898. The minimum absolute atomic E-state index is 0.211. The maximum atomic E-state index is 13.1. The van der Waals surface area contributed by atoms with Crippen LogP contribution < -0.4 is 0 Å². The van der Waals surface area contributed by atoms with Crippen molar-refractivity contribution < 1.29 is 4.79 Å². The number of rotatable bonds is 15. The first-order valence-electron chi connectivity index (χ1n) is 13.3. The second-order valence-corrected chi connectivity index (χ2v) is 9.99. The number of carbonyl (C=O) groups excluding carboxylic acids is 1. The van der Waals surface area contributed by atoms with E-state index >= 15 is 0 Å². The molecule has 2 rings (SSSR count). The highest BCUT2D eigenvalue weighted by Gasteiger charge is 2.30. The number of fused-ring (bicyclic) bond motifs is 1. The largest absolute Gasteiger partial charge is 0.302 e. The fourth-order valence-corrected chi connectivity index (χ4v) is 5.15. The van der Waals surface area contributed by atoms with Gasteiger partial charge in [0.05, 0.1) is 5.69 Å². The Morgan fingerprint density at radius 3 is 2.33 bits per heavy atom. The van der Waals surface area contributed by atoms with Crippen LogP contribution in [0.15, 0.2) is 31.5 Å². The zero-order valence-corrected chi connectivity index (χ0v) is 21.9. The second-order valence-electron chi connectivity index (χ2n) is 9.99. The summed E-state index contributed by atoms with van der Waals surface area (Å²) in [5, 5.41) is 0. The average molecular weight is 453 g/mol. The van der Waals surface area contributed by atoms with Gasteiger partial charge in [-0.15, -0.1) is 6.58 Å². The molecule has 0 aliphatic heterocycles. The van der Waals surface area contributed by atoms with Gasteiger partial charge in [0, 0.05) is 30.8 Å². The number of hydrogen-bond acceptors (Lipinski definition) is 2. The second kappa shape index (κ2) is 14.4. The number of allylic oxidation sites excluding steroid dienone is 1. The molecule has 0 saturated carbocycles. The van der Waals surface area contributed by atoms with Crippen molar-refractivity contribution in [2.24, 2.45) is 5.92 Å². The number of nitrogens with zero attached hydrogens (tertiary/aromatic N) is 2. The lowest BCUT2D eigenvalue weighted by atomic mass is 9.84. The number of carbonyl (C=O) groups is 1. The number of aromatic nitrogens is 1. The van der Waals surface area contributed by atoms with Crippen LogP contribution in [0, 0.1) is 5.92 Å². The SMILES string of the molecule is C=Cc1c2c(cn1C(=O)CCCCCCCCCCC)C[C@@H](N(C)CC(C)C=C)C/C2=C/C. The van der Waals surface area contributed by atoms with E-state index in [9.17, 15) is 4.79 Å². The van der Waals surface area contributed by atoms with E-state index in [0.29, 0.717) is 18.4 Å². The van der Waals surface area contributed by atoms with Crippen molar-refractivity contribution in [2.45, 2.75) is 104 Å². The molecule has 0 N–H and O–H groups in total. The molecule has 1 aliphatic carbocycles. The molecule has 0 fully saturated rings. The third-order valence-corrected chi connectivity index (χ3v) is 7.26. The first-order valence-corrected chi connectivity index (χ1v) is 13.3. The molecule has 0 amide bonds. The van der Waals surface area contributed by atoms with Crippen LogP contribution in [0.1, 0.15) is 113 Å². The lowest BCUT2D eigenvalue weighted by Gasteiger charge is -2.34. The molecule has 1 aromatic heterocycles. The Bertz CT molecular complexity index is 800. The summed E-state index contributed by atoms with van der Waals surface area (Å²) in [4.78, 5) is 15.6. The highest BCUT2D eigenvalue weighted by atomic mass is 16.2. The van der Waals surface area contributed by atoms with E-state index in [2.05, 4.69) is 58.1 Å². The van der Waals surface area contributed by atoms with Gasteiger partial charge in [0.1, 0.15) is 0 Å². The van der Waals surface area contributed by atoms with Crippen LogP contribution in [0.5, 0.6) is 0 Å². The van der Waals surface area contributed by atoms with E-state index in [4.69, 9.17) is 0 Å². The van der Waals surface area contributed by atoms with E-state index in [1.807, 2.05) is 16.7 Å². The molecule has 1 unspecified atom stereocenters. The van der Waals surface area contributed by atoms with Crippen molar-refractivity contribution in [2.75, 3.05) is 13.6 Å². The summed E-state index contributed by atoms with van der Waals surface area (Å²) in [7, 11) is 2.21. The van der Waals surface area contributed by atoms with Crippen molar-refractivity contribution in [3.05, 3.63) is 48.3 Å². The van der Waals surface area contributed by atoms with E-state index in [1.54, 1.807) is 0 Å². The Labute approximate surface area is 203 Å². The third-order valence-electron chi connectivity index (χ3n) is 7.26. The first-order chi connectivity index (χ1) is 16.0. The summed E-state index contributed by atoms with van der Waals surface area (Å²) in [6, 6.07) is 0.451. The Hall–Kier alpha value is -1.87. The number of likely N-dealkylation sites (N-methyl/N-ethyl adjacent to an activating group) is 1. The van der Waals surface area contributed by atoms with Gasteiger partial charge in [-0.05, 0) is 56.4 Å². The van der Waals surface area contributed by atoms with Crippen LogP contribution in [0.4, 0.5) is 0 Å². The Balaban J connectivity index is 1.98. The van der Waals surface area contributed by atoms with Crippen LogP contribution in [0.3, 0.4) is 0 Å². The Morgan fingerprint density at radius 1 is 1.12 bits per heavy atom. The fourth-order valence-electron chi connectivity index (χ4n) is 5.15. The standard InChI is InChI=1S/C30H48N2O/c1-7-11-12-13-14-15-16-17-18-19-29(33)32-23-26-21-27(31(6)22-24(5)8-2)20-25(9-3)30(26)28(32)10-4/h8-10,23-24,27H,2,4,7,11-22H2,1,3,5-6H3/b25-9-/t24?,27-/m0/s1. The molecule has 2 atom stereocenters. The number of hydrogen-bond donors (Lipinski definition) is 0. The zero-order chi connectivity index (χ0) is 24.2. The van der Waals surface area contributed by atoms with Crippen molar-refractivity contribution >= 4 is 17.6 Å². The number of unbranched alkanes of at least 4 members (excludes halogenated alkanes) is 8. The van der Waals surface area contributed by atoms with Gasteiger partial charge in [0.2, 0.25) is 5.91 Å². The molecule has 0 radical (unpaired) electrons. The smallest absolute Gasteiger partial charge is 0.231 e. The molecule has 33 heavy (non-hydrogen) atoms. The summed E-state index contributed by atoms with van der Waals surface area (Å²) in [5.74, 6) is 0.680. The molecular weight excluding hydrogens is 404 g/mol. The van der Waals surface area contributed by atoms with Crippen molar-refractivity contribution in [3.8, 4) is 0 Å². The van der Waals surface area contributed by atoms with E-state index < -0.39 is 0 Å². The van der Waals surface area contributed by atoms with E-state index in [1.165, 1.54) is 61.6 Å². The fraction of sp³-hybridized carbons (Fsp3) is 0.633. The summed E-state index contributed by atoms with van der Waals surface area (Å²) in [6.07, 6.45) is 22.3. The van der Waals surface area contributed by atoms with Crippen LogP contribution in [-0.4, -0.2) is 35.0 Å². The summed E-state index contributed by atoms with van der Waals surface area (Å²) >= 11 is 0. The summed E-state index contributed by atoms with van der Waals surface area (Å²) < 4.78 is 1.89. The summed E-state index contributed by atoms with van der Waals surface area (Å²) in [5.41, 5.74) is 4.85. The van der Waals surface area contributed by atoms with Gasteiger partial charge >= 0.3 is 0 Å². The zero-order valence-electron chi connectivity index (χ0n) is 21.9. The van der Waals surface area contributed by atoms with Gasteiger partial charge < -0.3 is 4.90 Å². The third kappa shape index (κ3) is 7.84. The minimum atomic E-state index is 0.211. The van der Waals surface area contributed by atoms with Gasteiger partial charge in [-0.3, -0.25) is 9.36 Å². The Kier molecular flexibility index (Phi) is 11.9. The van der Waals surface area contributed by atoms with Crippen LogP contribution in [0.2, 0.25) is 0 Å². The highest BCUT2D eigenvalue weighted by Crippen LogP contribution is 2.37. The van der Waals surface area contributed by atoms with Crippen molar-refractivity contribution in [3.63, 3.8) is 0 Å². The molecule has 0 aromatic carbocycles. The van der Waals surface area contributed by atoms with Crippen LogP contribution in [-0.2, 0) is 6.42 Å². The predicted octanol–water partition coefficient (Wildman–Crippen LogP) is 8.16. The normalized spacial score (nSPS) is 17.8. The lowest BCUT2D eigenvalue weighted by Crippen LogP contribution is -2.38. The topological polar surface area (TPSA) is 25.2 Å². The van der Waals surface area contributed by atoms with E-state index in [-0.39, 0.29) is 5.91 Å². The van der Waals surface area contributed by atoms with Gasteiger partial charge in [-0.1, -0.05) is 83.9 Å². The van der Waals surface area contributed by atoms with Crippen LogP contribution in [0.25, 0.3) is 11.6 Å². The van der Waals surface area contributed by atoms with Gasteiger partial charge in [0.25, 0.3) is 0 Å². The monoisotopic (exact) mass is 452 g/mol. The predicted molar refractivity (Wildman–Crippen MR) is 145 cm³/mol. The van der Waals surface area contributed by atoms with Crippen LogP contribution >= 0.6 is 0 Å². The maximum Gasteiger partial charge on any atom is 0.231 e. The minimum Gasteiger partial charge on any atom is -0.302 e. The molecule has 1 aliphatic rings. The molecule has 3 nitrogen and oxygen atoms in total. The molecule has 184 valence electrons. The first kappa shape index (κ1) is 27.4. The van der Waals surface area contributed by atoms with Gasteiger partial charge in [-0.2, -0.15) is 0 Å². The van der Waals surface area contributed by atoms with Gasteiger partial charge in [-0.25, -0.2) is 0 Å². The van der Waals surface area contributed by atoms with Gasteiger partial charge in [0.15, 0.2) is 0 Å². The molecule has 0 spiro atoms. The average Bonchev–Trinajstić information content (AvgIpc) is 3.20. The van der Waals surface area contributed by atoms with E-state index in [0.717, 1.165) is 37.9 Å². The molecule has 0 saturated heterocycles. The summed E-state index contributed by atoms with van der Waals surface area (Å²) in [6.45, 7) is 15.6. The molecule has 3 heteroatoms. The highest BCUT2D eigenvalue weighted by molar-refractivity contribution is 5.87. The molecule has 0 bridgehead atoms. The van der Waals surface area contributed by atoms with Crippen molar-refractivity contribution in [1.82, 2.24) is 9.47 Å². The Morgan fingerprint density at radius 2 is 1.76 bits per heavy atom. The molecular formula is C30H48N2O. The van der Waals surface area contributed by atoms with Crippen molar-refractivity contribution in [1.29, 1.82) is 0 Å². The molecule has 1 heterocycles. The quantitative estimate of drug-likeness (QED) is 0.198.